The number of aliphatic carboxylic acids is 1. The summed E-state index contributed by atoms with van der Waals surface area (Å²) >= 11 is 5.83. The van der Waals surface area contributed by atoms with Crippen molar-refractivity contribution in [3.63, 3.8) is 0 Å². The molecule has 1 amide bonds. The molecule has 1 aromatic heterocycles. The van der Waals surface area contributed by atoms with E-state index >= 15 is 0 Å². The zero-order valence-electron chi connectivity index (χ0n) is 12.8. The molecule has 9 heteroatoms. The average molecular weight is 350 g/mol. The second-order valence-electron chi connectivity index (χ2n) is 5.79. The van der Waals surface area contributed by atoms with Gasteiger partial charge < -0.3 is 10.4 Å². The minimum Gasteiger partial charge on any atom is -0.480 e. The van der Waals surface area contributed by atoms with Crippen LogP contribution in [0.3, 0.4) is 0 Å². The molecule has 1 fully saturated rings. The Morgan fingerprint density at radius 3 is 2.54 bits per heavy atom. The van der Waals surface area contributed by atoms with Gasteiger partial charge in [0.05, 0.1) is 0 Å². The van der Waals surface area contributed by atoms with Crippen LogP contribution in [0, 0.1) is 0 Å². The summed E-state index contributed by atoms with van der Waals surface area (Å²) in [4.78, 5) is 24.7. The van der Waals surface area contributed by atoms with E-state index in [1.165, 1.54) is 0 Å². The predicted molar refractivity (Wildman–Crippen MR) is 85.2 cm³/mol. The highest BCUT2D eigenvalue weighted by atomic mass is 35.5. The molecule has 0 aliphatic heterocycles. The van der Waals surface area contributed by atoms with Crippen LogP contribution in [0.1, 0.15) is 25.7 Å². The first-order chi connectivity index (χ1) is 11.5. The second-order valence-corrected chi connectivity index (χ2v) is 6.23. The molecular weight excluding hydrogens is 334 g/mol. The molecule has 1 saturated carbocycles. The van der Waals surface area contributed by atoms with Crippen molar-refractivity contribution < 1.29 is 14.7 Å². The van der Waals surface area contributed by atoms with Gasteiger partial charge in [-0.1, -0.05) is 24.4 Å². The minimum atomic E-state index is -1.17. The molecule has 0 saturated heterocycles. The summed E-state index contributed by atoms with van der Waals surface area (Å²) in [5.74, 6) is -1.07. The maximum Gasteiger partial charge on any atom is 0.329 e. The number of carboxylic acids is 1. The second kappa shape index (κ2) is 6.56. The van der Waals surface area contributed by atoms with Gasteiger partial charge in [0.15, 0.2) is 0 Å². The zero-order chi connectivity index (χ0) is 17.2. The largest absolute Gasteiger partial charge is 0.480 e. The number of carbonyl (C=O) groups excluding carboxylic acids is 1. The number of tetrazole rings is 1. The third-order valence-corrected chi connectivity index (χ3v) is 4.34. The van der Waals surface area contributed by atoms with Crippen LogP contribution in [-0.2, 0) is 16.1 Å². The van der Waals surface area contributed by atoms with Gasteiger partial charge in [-0.3, -0.25) is 4.79 Å². The van der Waals surface area contributed by atoms with Gasteiger partial charge in [-0.05, 0) is 42.3 Å². The third-order valence-electron chi connectivity index (χ3n) is 4.09. The fourth-order valence-electron chi connectivity index (χ4n) is 2.83. The molecule has 3 rings (SSSR count). The van der Waals surface area contributed by atoms with E-state index in [0.717, 1.165) is 23.2 Å². The summed E-state index contributed by atoms with van der Waals surface area (Å²) in [5.41, 5.74) is -0.444. The maximum atomic E-state index is 12.1. The smallest absolute Gasteiger partial charge is 0.329 e. The van der Waals surface area contributed by atoms with E-state index < -0.39 is 17.4 Å². The Hall–Kier alpha value is -2.48. The third kappa shape index (κ3) is 3.38. The normalized spacial score (nSPS) is 16.0. The molecule has 2 aromatic rings. The van der Waals surface area contributed by atoms with Gasteiger partial charge in [-0.25, -0.2) is 4.79 Å². The van der Waals surface area contributed by atoms with Gasteiger partial charge in [-0.2, -0.15) is 4.80 Å². The minimum absolute atomic E-state index is 0.185. The topological polar surface area (TPSA) is 110 Å². The summed E-state index contributed by atoms with van der Waals surface area (Å²) in [6, 6.07) is 6.92. The molecule has 1 aromatic carbocycles. The lowest BCUT2D eigenvalue weighted by atomic mass is 9.98. The molecule has 1 aliphatic carbocycles. The summed E-state index contributed by atoms with van der Waals surface area (Å²) in [7, 11) is 0. The number of carbonyl (C=O) groups is 2. The molecule has 24 heavy (non-hydrogen) atoms. The molecule has 8 nitrogen and oxygen atoms in total. The summed E-state index contributed by atoms with van der Waals surface area (Å²) in [6.45, 7) is -0.185. The van der Waals surface area contributed by atoms with Gasteiger partial charge in [0, 0.05) is 10.6 Å². The summed E-state index contributed by atoms with van der Waals surface area (Å²) in [6.07, 6.45) is 2.45. The van der Waals surface area contributed by atoms with Crippen molar-refractivity contribution in [1.29, 1.82) is 0 Å². The fraction of sp³-hybridized carbons (Fsp3) is 0.400. The number of benzene rings is 1. The van der Waals surface area contributed by atoms with Gasteiger partial charge in [0.2, 0.25) is 11.7 Å². The number of aromatic nitrogens is 4. The van der Waals surface area contributed by atoms with E-state index in [1.54, 1.807) is 24.3 Å². The van der Waals surface area contributed by atoms with Crippen LogP contribution < -0.4 is 5.32 Å². The van der Waals surface area contributed by atoms with Gasteiger partial charge in [-0.15, -0.1) is 10.2 Å². The van der Waals surface area contributed by atoms with Crippen molar-refractivity contribution in [2.45, 2.75) is 37.8 Å². The molecule has 0 unspecified atom stereocenters. The Balaban J connectivity index is 1.67. The Bertz CT molecular complexity index is 753. The van der Waals surface area contributed by atoms with Crippen LogP contribution in [0.15, 0.2) is 24.3 Å². The molecule has 126 valence electrons. The van der Waals surface area contributed by atoms with Crippen LogP contribution >= 0.6 is 11.6 Å². The van der Waals surface area contributed by atoms with Crippen molar-refractivity contribution >= 4 is 23.5 Å². The van der Waals surface area contributed by atoms with E-state index in [4.69, 9.17) is 11.6 Å². The van der Waals surface area contributed by atoms with Crippen LogP contribution in [0.5, 0.6) is 0 Å². The lowest BCUT2D eigenvalue weighted by Gasteiger charge is -2.25. The molecule has 0 atom stereocenters. The van der Waals surface area contributed by atoms with Crippen LogP contribution in [0.25, 0.3) is 11.4 Å². The monoisotopic (exact) mass is 349 g/mol. The molecule has 0 bridgehead atoms. The average Bonchev–Trinajstić information content (AvgIpc) is 3.18. The number of amides is 1. The van der Waals surface area contributed by atoms with E-state index in [1.807, 2.05) is 0 Å². The predicted octanol–water partition coefficient (Wildman–Crippen LogP) is 1.51. The van der Waals surface area contributed by atoms with Gasteiger partial charge >= 0.3 is 5.97 Å². The first kappa shape index (κ1) is 16.4. The number of hydrogen-bond donors (Lipinski definition) is 2. The molecule has 0 radical (unpaired) electrons. The first-order valence-corrected chi connectivity index (χ1v) is 7.94. The van der Waals surface area contributed by atoms with E-state index in [9.17, 15) is 14.7 Å². The fourth-order valence-corrected chi connectivity index (χ4v) is 2.96. The quantitative estimate of drug-likeness (QED) is 0.846. The Labute approximate surface area is 142 Å². The summed E-state index contributed by atoms with van der Waals surface area (Å²) < 4.78 is 0. The molecule has 2 N–H and O–H groups in total. The highest BCUT2D eigenvalue weighted by Gasteiger charge is 2.42. The van der Waals surface area contributed by atoms with Crippen LogP contribution in [0.4, 0.5) is 0 Å². The number of rotatable bonds is 5. The number of halogens is 1. The lowest BCUT2D eigenvalue weighted by molar-refractivity contribution is -0.147. The van der Waals surface area contributed by atoms with Gasteiger partial charge in [0.25, 0.3) is 0 Å². The molecular formula is C15H16ClN5O3. The number of nitrogens with zero attached hydrogens (tertiary/aromatic N) is 4. The number of hydrogen-bond acceptors (Lipinski definition) is 5. The number of carboxylic acid groups (broad SMARTS) is 1. The molecule has 1 heterocycles. The molecule has 1 aliphatic rings. The van der Waals surface area contributed by atoms with Crippen molar-refractivity contribution in [1.82, 2.24) is 25.5 Å². The lowest BCUT2D eigenvalue weighted by Crippen LogP contribution is -2.53. The maximum absolute atomic E-state index is 12.1. The van der Waals surface area contributed by atoms with E-state index in [-0.39, 0.29) is 6.54 Å². The van der Waals surface area contributed by atoms with E-state index in [2.05, 4.69) is 20.7 Å². The Morgan fingerprint density at radius 2 is 1.92 bits per heavy atom. The van der Waals surface area contributed by atoms with Crippen molar-refractivity contribution in [2.24, 2.45) is 0 Å². The standard InChI is InChI=1S/C15H16ClN5O3/c16-11-5-3-10(4-6-11)13-18-20-21(19-13)9-12(22)17-15(14(23)24)7-1-2-8-15/h3-6H,1-2,7-9H2,(H,17,22)(H,23,24). The Morgan fingerprint density at radius 1 is 1.25 bits per heavy atom. The van der Waals surface area contributed by atoms with E-state index in [0.29, 0.717) is 23.7 Å². The van der Waals surface area contributed by atoms with Crippen molar-refractivity contribution in [3.8, 4) is 11.4 Å². The SMILES string of the molecule is O=C(Cn1nnc(-c2ccc(Cl)cc2)n1)NC1(C(=O)O)CCCC1. The zero-order valence-corrected chi connectivity index (χ0v) is 13.5. The van der Waals surface area contributed by atoms with Crippen molar-refractivity contribution in [3.05, 3.63) is 29.3 Å². The van der Waals surface area contributed by atoms with Gasteiger partial charge in [0.1, 0.15) is 12.1 Å². The van der Waals surface area contributed by atoms with Crippen molar-refractivity contribution in [2.75, 3.05) is 0 Å². The molecule has 0 spiro atoms. The van der Waals surface area contributed by atoms with Crippen LogP contribution in [-0.4, -0.2) is 42.7 Å². The van der Waals surface area contributed by atoms with Crippen LogP contribution in [0.2, 0.25) is 5.02 Å². The Kier molecular flexibility index (Phi) is 4.48. The highest BCUT2D eigenvalue weighted by Crippen LogP contribution is 2.29. The highest BCUT2D eigenvalue weighted by molar-refractivity contribution is 6.30. The number of nitrogens with one attached hydrogen (secondary N) is 1. The first-order valence-electron chi connectivity index (χ1n) is 7.57. The summed E-state index contributed by atoms with van der Waals surface area (Å²) in [5, 5.41) is 24.5.